The van der Waals surface area contributed by atoms with Crippen molar-refractivity contribution in [3.63, 3.8) is 0 Å². The van der Waals surface area contributed by atoms with E-state index >= 15 is 0 Å². The molecule has 1 aliphatic rings. The second-order valence-electron chi connectivity index (χ2n) is 6.56. The molecule has 30 heavy (non-hydrogen) atoms. The van der Waals surface area contributed by atoms with Gasteiger partial charge < -0.3 is 19.5 Å². The van der Waals surface area contributed by atoms with Crippen molar-refractivity contribution < 1.29 is 23.8 Å². The van der Waals surface area contributed by atoms with Crippen molar-refractivity contribution in [2.75, 3.05) is 38.8 Å². The number of ether oxygens (including phenoxy) is 3. The minimum absolute atomic E-state index is 0.101. The third-order valence-electron chi connectivity index (χ3n) is 4.45. The molecule has 0 unspecified atom stereocenters. The molecule has 0 bridgehead atoms. The second kappa shape index (κ2) is 10.3. The van der Waals surface area contributed by atoms with E-state index in [0.717, 1.165) is 10.0 Å². The fourth-order valence-corrected chi connectivity index (χ4v) is 3.55. The van der Waals surface area contributed by atoms with Gasteiger partial charge in [-0.1, -0.05) is 18.2 Å². The molecule has 0 saturated heterocycles. The highest BCUT2D eigenvalue weighted by atomic mass is 79.9. The Labute approximate surface area is 183 Å². The van der Waals surface area contributed by atoms with Gasteiger partial charge in [0.2, 0.25) is 5.91 Å². The number of anilines is 1. The van der Waals surface area contributed by atoms with Crippen molar-refractivity contribution in [1.82, 2.24) is 5.32 Å². The smallest absolute Gasteiger partial charge is 0.294 e. The summed E-state index contributed by atoms with van der Waals surface area (Å²) in [5, 5.41) is 2.81. The van der Waals surface area contributed by atoms with Gasteiger partial charge in [0.05, 0.1) is 17.3 Å². The number of hydrogen-bond acceptors (Lipinski definition) is 5. The molecule has 1 aliphatic heterocycles. The first-order valence-electron chi connectivity index (χ1n) is 9.43. The Kier molecular flexibility index (Phi) is 7.48. The Bertz CT molecular complexity index is 960. The zero-order chi connectivity index (χ0) is 21.5. The Hall–Kier alpha value is -2.84. The van der Waals surface area contributed by atoms with Crippen LogP contribution in [0.4, 0.5) is 5.69 Å². The summed E-state index contributed by atoms with van der Waals surface area (Å²) in [6, 6.07) is 12.6. The van der Waals surface area contributed by atoms with Gasteiger partial charge in [-0.05, 0) is 58.3 Å². The van der Waals surface area contributed by atoms with Crippen LogP contribution in [-0.4, -0.2) is 45.7 Å². The van der Waals surface area contributed by atoms with Crippen LogP contribution < -0.4 is 19.7 Å². The van der Waals surface area contributed by atoms with Crippen LogP contribution >= 0.6 is 15.9 Å². The number of fused-ring (bicyclic) bond motifs is 1. The number of nitrogens with one attached hydrogen (secondary N) is 1. The van der Waals surface area contributed by atoms with Crippen LogP contribution in [0.15, 0.2) is 52.7 Å². The van der Waals surface area contributed by atoms with Crippen LogP contribution in [0.3, 0.4) is 0 Å². The minimum Gasteiger partial charge on any atom is -0.496 e. The number of para-hydroxylation sites is 2. The number of carbonyl (C=O) groups excluding carboxylic acids is 2. The fraction of sp³-hybridized carbons (Fsp3) is 0.273. The van der Waals surface area contributed by atoms with Gasteiger partial charge in [0.15, 0.2) is 11.5 Å². The standard InChI is InChI=1S/C22H23BrN2O5/c1-28-11-5-10-24-21(26)14-25-17-6-3-4-7-19(17)30-20(22(25)27)13-15-8-9-18(29-2)16(23)12-15/h3-4,6-9,12-13H,5,10-11,14H2,1-2H3,(H,24,26). The molecule has 8 heteroatoms. The molecule has 0 spiro atoms. The topological polar surface area (TPSA) is 77.1 Å². The van der Waals surface area contributed by atoms with Gasteiger partial charge in [-0.15, -0.1) is 0 Å². The molecule has 1 N–H and O–H groups in total. The summed E-state index contributed by atoms with van der Waals surface area (Å²) in [6.07, 6.45) is 2.35. The van der Waals surface area contributed by atoms with Crippen LogP contribution in [0.5, 0.6) is 11.5 Å². The Morgan fingerprint density at radius 2 is 2.03 bits per heavy atom. The summed E-state index contributed by atoms with van der Waals surface area (Å²) in [4.78, 5) is 26.9. The molecule has 0 fully saturated rings. The van der Waals surface area contributed by atoms with Crippen molar-refractivity contribution in [3.8, 4) is 11.5 Å². The lowest BCUT2D eigenvalue weighted by molar-refractivity contribution is -0.123. The van der Waals surface area contributed by atoms with E-state index in [9.17, 15) is 9.59 Å². The van der Waals surface area contributed by atoms with Gasteiger partial charge in [-0.3, -0.25) is 14.5 Å². The van der Waals surface area contributed by atoms with E-state index < -0.39 is 0 Å². The third-order valence-corrected chi connectivity index (χ3v) is 5.07. The summed E-state index contributed by atoms with van der Waals surface area (Å²) in [7, 11) is 3.20. The maximum Gasteiger partial charge on any atom is 0.294 e. The van der Waals surface area contributed by atoms with Crippen molar-refractivity contribution >= 4 is 39.5 Å². The summed E-state index contributed by atoms with van der Waals surface area (Å²) in [6.45, 7) is 0.940. The Morgan fingerprint density at radius 3 is 2.77 bits per heavy atom. The van der Waals surface area contributed by atoms with E-state index in [1.165, 1.54) is 4.90 Å². The van der Waals surface area contributed by atoms with Gasteiger partial charge >= 0.3 is 0 Å². The van der Waals surface area contributed by atoms with Crippen molar-refractivity contribution in [1.29, 1.82) is 0 Å². The molecule has 0 radical (unpaired) electrons. The van der Waals surface area contributed by atoms with E-state index in [4.69, 9.17) is 14.2 Å². The largest absolute Gasteiger partial charge is 0.496 e. The maximum absolute atomic E-state index is 13.1. The van der Waals surface area contributed by atoms with Gasteiger partial charge in [-0.2, -0.15) is 0 Å². The number of nitrogens with zero attached hydrogens (tertiary/aromatic N) is 1. The van der Waals surface area contributed by atoms with Crippen LogP contribution in [0.25, 0.3) is 6.08 Å². The highest BCUT2D eigenvalue weighted by Gasteiger charge is 2.31. The van der Waals surface area contributed by atoms with Crippen LogP contribution in [0.2, 0.25) is 0 Å². The van der Waals surface area contributed by atoms with Crippen LogP contribution in [-0.2, 0) is 14.3 Å². The van der Waals surface area contributed by atoms with E-state index in [-0.39, 0.29) is 24.1 Å². The number of rotatable bonds is 8. The fourth-order valence-electron chi connectivity index (χ4n) is 2.99. The summed E-state index contributed by atoms with van der Waals surface area (Å²) >= 11 is 3.44. The quantitative estimate of drug-likeness (QED) is 0.468. The van der Waals surface area contributed by atoms with Crippen molar-refractivity contribution in [3.05, 3.63) is 58.3 Å². The lowest BCUT2D eigenvalue weighted by Gasteiger charge is -2.30. The monoisotopic (exact) mass is 474 g/mol. The average molecular weight is 475 g/mol. The first-order chi connectivity index (χ1) is 14.5. The lowest BCUT2D eigenvalue weighted by Crippen LogP contribution is -2.44. The van der Waals surface area contributed by atoms with Crippen LogP contribution in [0.1, 0.15) is 12.0 Å². The highest BCUT2D eigenvalue weighted by Crippen LogP contribution is 2.36. The molecule has 2 aromatic carbocycles. The molecule has 2 amide bonds. The number of hydrogen-bond donors (Lipinski definition) is 1. The molecular formula is C22H23BrN2O5. The summed E-state index contributed by atoms with van der Waals surface area (Å²) < 4.78 is 16.8. The maximum atomic E-state index is 13.1. The SMILES string of the molecule is COCCCNC(=O)CN1C(=O)C(=Cc2ccc(OC)c(Br)c2)Oc2ccccc21. The average Bonchev–Trinajstić information content (AvgIpc) is 2.74. The van der Waals surface area contributed by atoms with E-state index in [1.807, 2.05) is 18.2 Å². The van der Waals surface area contributed by atoms with Crippen molar-refractivity contribution in [2.24, 2.45) is 0 Å². The molecule has 3 rings (SSSR count). The number of amides is 2. The van der Waals surface area contributed by atoms with Gasteiger partial charge in [0, 0.05) is 20.3 Å². The zero-order valence-corrected chi connectivity index (χ0v) is 18.4. The summed E-state index contributed by atoms with van der Waals surface area (Å²) in [5.74, 6) is 0.710. The Morgan fingerprint density at radius 1 is 1.23 bits per heavy atom. The predicted octanol–water partition coefficient (Wildman–Crippen LogP) is 3.38. The zero-order valence-electron chi connectivity index (χ0n) is 16.8. The molecule has 158 valence electrons. The van der Waals surface area contributed by atoms with E-state index in [2.05, 4.69) is 21.2 Å². The first kappa shape index (κ1) is 21.9. The van der Waals surface area contributed by atoms with Gasteiger partial charge in [0.25, 0.3) is 5.91 Å². The lowest BCUT2D eigenvalue weighted by atomic mass is 10.1. The minimum atomic E-state index is -0.382. The molecule has 7 nitrogen and oxygen atoms in total. The normalized spacial score (nSPS) is 14.3. The molecule has 0 aliphatic carbocycles. The number of methoxy groups -OCH3 is 2. The molecule has 0 aromatic heterocycles. The molecular weight excluding hydrogens is 452 g/mol. The first-order valence-corrected chi connectivity index (χ1v) is 10.2. The number of carbonyl (C=O) groups is 2. The Balaban J connectivity index is 1.83. The molecule has 0 saturated carbocycles. The van der Waals surface area contributed by atoms with E-state index in [1.54, 1.807) is 44.6 Å². The van der Waals surface area contributed by atoms with Crippen molar-refractivity contribution in [2.45, 2.75) is 6.42 Å². The third kappa shape index (κ3) is 5.20. The van der Waals surface area contributed by atoms with Crippen LogP contribution in [0, 0.1) is 0 Å². The number of halogens is 1. The van der Waals surface area contributed by atoms with Gasteiger partial charge in [-0.25, -0.2) is 0 Å². The second-order valence-corrected chi connectivity index (χ2v) is 7.41. The molecule has 2 aromatic rings. The van der Waals surface area contributed by atoms with E-state index in [0.29, 0.717) is 36.8 Å². The predicted molar refractivity (Wildman–Crippen MR) is 118 cm³/mol. The summed E-state index contributed by atoms with van der Waals surface area (Å²) in [5.41, 5.74) is 1.32. The van der Waals surface area contributed by atoms with Gasteiger partial charge in [0.1, 0.15) is 12.3 Å². The highest BCUT2D eigenvalue weighted by molar-refractivity contribution is 9.10. The molecule has 0 atom stereocenters. The molecule has 1 heterocycles. The number of benzene rings is 2.